The molecule has 2 aliphatic rings. The van der Waals surface area contributed by atoms with Crippen LogP contribution in [0.25, 0.3) is 0 Å². The minimum atomic E-state index is -0.142. The van der Waals surface area contributed by atoms with Gasteiger partial charge in [-0.25, -0.2) is 0 Å². The Balaban J connectivity index is 1.73. The minimum Gasteiger partial charge on any atom is -0.378 e. The van der Waals surface area contributed by atoms with E-state index >= 15 is 0 Å². The van der Waals surface area contributed by atoms with Crippen molar-refractivity contribution in [1.82, 2.24) is 5.32 Å². The van der Waals surface area contributed by atoms with Crippen molar-refractivity contribution in [2.24, 2.45) is 0 Å². The molecule has 1 amide bonds. The van der Waals surface area contributed by atoms with E-state index in [0.717, 1.165) is 25.7 Å². The number of rotatable bonds is 4. The lowest BCUT2D eigenvalue weighted by atomic mass is 9.77. The van der Waals surface area contributed by atoms with Gasteiger partial charge in [0.25, 0.3) is 0 Å². The summed E-state index contributed by atoms with van der Waals surface area (Å²) >= 11 is 3.63. The first-order valence-electron chi connectivity index (χ1n) is 6.62. The van der Waals surface area contributed by atoms with E-state index in [9.17, 15) is 4.79 Å². The molecule has 0 spiro atoms. The third kappa shape index (κ3) is 3.44. The second-order valence-electron chi connectivity index (χ2n) is 5.43. The van der Waals surface area contributed by atoms with Gasteiger partial charge in [-0.2, -0.15) is 0 Å². The summed E-state index contributed by atoms with van der Waals surface area (Å²) in [5.41, 5.74) is -0.142. The molecule has 0 aromatic carbocycles. The van der Waals surface area contributed by atoms with Crippen LogP contribution < -0.4 is 5.32 Å². The predicted molar refractivity (Wildman–Crippen MR) is 71.3 cm³/mol. The van der Waals surface area contributed by atoms with E-state index in [4.69, 9.17) is 4.74 Å². The number of alkyl halides is 1. The Kier molecular flexibility index (Phi) is 4.47. The van der Waals surface area contributed by atoms with Gasteiger partial charge in [-0.05, 0) is 44.9 Å². The van der Waals surface area contributed by atoms with Crippen molar-refractivity contribution in [3.8, 4) is 0 Å². The van der Waals surface area contributed by atoms with Crippen LogP contribution in [0.2, 0.25) is 0 Å². The van der Waals surface area contributed by atoms with Crippen molar-refractivity contribution in [3.05, 3.63) is 0 Å². The zero-order valence-corrected chi connectivity index (χ0v) is 12.1. The number of halogens is 1. The van der Waals surface area contributed by atoms with Gasteiger partial charge in [-0.1, -0.05) is 15.9 Å². The van der Waals surface area contributed by atoms with Crippen molar-refractivity contribution >= 4 is 21.8 Å². The van der Waals surface area contributed by atoms with Crippen LogP contribution in [0.5, 0.6) is 0 Å². The first-order chi connectivity index (χ1) is 8.13. The molecule has 17 heavy (non-hydrogen) atoms. The number of amides is 1. The van der Waals surface area contributed by atoms with Gasteiger partial charge in [-0.3, -0.25) is 4.79 Å². The largest absolute Gasteiger partial charge is 0.378 e. The lowest BCUT2D eigenvalue weighted by Crippen LogP contribution is -2.46. The van der Waals surface area contributed by atoms with Gasteiger partial charge in [-0.15, -0.1) is 0 Å². The van der Waals surface area contributed by atoms with Crippen molar-refractivity contribution in [2.45, 2.75) is 67.8 Å². The summed E-state index contributed by atoms with van der Waals surface area (Å²) in [6, 6.07) is 0.380. The second kappa shape index (κ2) is 5.70. The number of hydrogen-bond donors (Lipinski definition) is 1. The van der Waals surface area contributed by atoms with Crippen LogP contribution in [-0.2, 0) is 9.53 Å². The summed E-state index contributed by atoms with van der Waals surface area (Å²) in [4.78, 5) is 12.6. The van der Waals surface area contributed by atoms with E-state index in [-0.39, 0.29) is 11.5 Å². The molecule has 0 saturated heterocycles. The Morgan fingerprint density at radius 1 is 1.35 bits per heavy atom. The van der Waals surface area contributed by atoms with Crippen molar-refractivity contribution in [3.63, 3.8) is 0 Å². The maximum Gasteiger partial charge on any atom is 0.223 e. The molecule has 0 radical (unpaired) electrons. The highest BCUT2D eigenvalue weighted by molar-refractivity contribution is 9.09. The van der Waals surface area contributed by atoms with Crippen LogP contribution in [0, 0.1) is 0 Å². The fourth-order valence-electron chi connectivity index (χ4n) is 2.79. The third-order valence-corrected chi connectivity index (χ3v) is 5.12. The Morgan fingerprint density at radius 3 is 2.47 bits per heavy atom. The van der Waals surface area contributed by atoms with Crippen LogP contribution in [0.3, 0.4) is 0 Å². The average Bonchev–Trinajstić information content (AvgIpc) is 2.27. The van der Waals surface area contributed by atoms with E-state index < -0.39 is 0 Å². The summed E-state index contributed by atoms with van der Waals surface area (Å²) in [6.07, 6.45) is 8.33. The van der Waals surface area contributed by atoms with Gasteiger partial charge in [0, 0.05) is 18.0 Å². The van der Waals surface area contributed by atoms with Gasteiger partial charge in [0.15, 0.2) is 0 Å². The van der Waals surface area contributed by atoms with Crippen LogP contribution in [0.15, 0.2) is 0 Å². The van der Waals surface area contributed by atoms with Crippen LogP contribution in [-0.4, -0.2) is 29.5 Å². The zero-order valence-electron chi connectivity index (χ0n) is 10.5. The molecule has 0 aromatic heterocycles. The molecule has 0 aromatic rings. The highest BCUT2D eigenvalue weighted by Crippen LogP contribution is 2.38. The Bertz CT molecular complexity index is 265. The lowest BCUT2D eigenvalue weighted by Gasteiger charge is -2.40. The van der Waals surface area contributed by atoms with Gasteiger partial charge in [0.1, 0.15) is 0 Å². The number of methoxy groups -OCH3 is 1. The molecule has 0 atom stereocenters. The molecule has 2 fully saturated rings. The van der Waals surface area contributed by atoms with Gasteiger partial charge in [0.05, 0.1) is 12.0 Å². The maximum absolute atomic E-state index is 12.0. The molecule has 2 rings (SSSR count). The van der Waals surface area contributed by atoms with E-state index in [0.29, 0.717) is 17.3 Å². The van der Waals surface area contributed by atoms with Crippen LogP contribution >= 0.6 is 15.9 Å². The first kappa shape index (κ1) is 13.3. The van der Waals surface area contributed by atoms with E-state index in [2.05, 4.69) is 21.2 Å². The van der Waals surface area contributed by atoms with E-state index in [1.165, 1.54) is 19.3 Å². The quantitative estimate of drug-likeness (QED) is 0.811. The van der Waals surface area contributed by atoms with Crippen molar-refractivity contribution in [1.29, 1.82) is 0 Å². The van der Waals surface area contributed by atoms with Crippen molar-refractivity contribution < 1.29 is 9.53 Å². The summed E-state index contributed by atoms with van der Waals surface area (Å²) in [5.74, 6) is 0.171. The Morgan fingerprint density at radius 2 is 2.00 bits per heavy atom. The van der Waals surface area contributed by atoms with E-state index in [1.54, 1.807) is 7.11 Å². The molecular weight excluding hydrogens is 282 g/mol. The van der Waals surface area contributed by atoms with Gasteiger partial charge in [0.2, 0.25) is 5.91 Å². The molecule has 2 saturated carbocycles. The molecule has 2 aliphatic carbocycles. The fourth-order valence-corrected chi connectivity index (χ4v) is 3.32. The maximum atomic E-state index is 12.0. The SMILES string of the molecule is COC1(CC(=O)NC2CCC(Br)CC2)CCC1. The van der Waals surface area contributed by atoms with Crippen LogP contribution in [0.4, 0.5) is 0 Å². The molecular formula is C13H22BrNO2. The fraction of sp³-hybridized carbons (Fsp3) is 0.923. The first-order valence-corrected chi connectivity index (χ1v) is 7.54. The molecule has 4 heteroatoms. The Labute approximate surface area is 112 Å². The summed E-state index contributed by atoms with van der Waals surface area (Å²) in [7, 11) is 1.72. The minimum absolute atomic E-state index is 0.142. The van der Waals surface area contributed by atoms with Crippen molar-refractivity contribution in [2.75, 3.05) is 7.11 Å². The average molecular weight is 304 g/mol. The third-order valence-electron chi connectivity index (χ3n) is 4.20. The lowest BCUT2D eigenvalue weighted by molar-refractivity contribution is -0.135. The summed E-state index contributed by atoms with van der Waals surface area (Å²) in [6.45, 7) is 0. The van der Waals surface area contributed by atoms with Gasteiger partial charge < -0.3 is 10.1 Å². The number of ether oxygens (including phenoxy) is 1. The summed E-state index contributed by atoms with van der Waals surface area (Å²) < 4.78 is 5.48. The monoisotopic (exact) mass is 303 g/mol. The molecule has 0 bridgehead atoms. The molecule has 0 aliphatic heterocycles. The topological polar surface area (TPSA) is 38.3 Å². The summed E-state index contributed by atoms with van der Waals surface area (Å²) in [5, 5.41) is 3.16. The normalized spacial score (nSPS) is 31.6. The Hall–Kier alpha value is -0.0900. The number of nitrogens with one attached hydrogen (secondary N) is 1. The van der Waals surface area contributed by atoms with Gasteiger partial charge >= 0.3 is 0 Å². The smallest absolute Gasteiger partial charge is 0.223 e. The standard InChI is InChI=1S/C13H22BrNO2/c1-17-13(7-2-8-13)9-12(16)15-11-5-3-10(14)4-6-11/h10-11H,2-9H2,1H3,(H,15,16). The number of carbonyl (C=O) groups is 1. The predicted octanol–water partition coefficient (Wildman–Crippen LogP) is 2.77. The van der Waals surface area contributed by atoms with Crippen LogP contribution in [0.1, 0.15) is 51.4 Å². The zero-order chi connectivity index (χ0) is 12.3. The number of carbonyl (C=O) groups excluding carboxylic acids is 1. The highest BCUT2D eigenvalue weighted by Gasteiger charge is 2.39. The molecule has 1 N–H and O–H groups in total. The molecule has 0 unspecified atom stereocenters. The molecule has 98 valence electrons. The second-order valence-corrected chi connectivity index (χ2v) is 6.73. The van der Waals surface area contributed by atoms with E-state index in [1.807, 2.05) is 0 Å². The molecule has 0 heterocycles. The highest BCUT2D eigenvalue weighted by atomic mass is 79.9. The number of hydrogen-bond acceptors (Lipinski definition) is 2. The molecule has 3 nitrogen and oxygen atoms in total.